The third kappa shape index (κ3) is 5.36. The second kappa shape index (κ2) is 7.62. The highest BCUT2D eigenvalue weighted by atomic mass is 32.2. The van der Waals surface area contributed by atoms with Crippen molar-refractivity contribution in [3.05, 3.63) is 17.5 Å². The van der Waals surface area contributed by atoms with Gasteiger partial charge in [0.2, 0.25) is 0 Å². The van der Waals surface area contributed by atoms with Crippen molar-refractivity contribution < 1.29 is 8.95 Å². The fraction of sp³-hybridized carbons (Fsp3) is 0.765. The van der Waals surface area contributed by atoms with E-state index in [4.69, 9.17) is 4.74 Å². The predicted octanol–water partition coefficient (Wildman–Crippen LogP) is 3.78. The molecular weight excluding hydrogens is 338 g/mol. The molecule has 0 radical (unpaired) electrons. The number of ether oxygens (including phenoxy) is 1. The third-order valence-corrected chi connectivity index (χ3v) is 7.15. The van der Waals surface area contributed by atoms with E-state index in [0.29, 0.717) is 6.73 Å². The van der Waals surface area contributed by atoms with Gasteiger partial charge in [-0.15, -0.1) is 0 Å². The van der Waals surface area contributed by atoms with Crippen molar-refractivity contribution in [2.75, 3.05) is 6.61 Å². The second-order valence-corrected chi connectivity index (χ2v) is 16.1. The van der Waals surface area contributed by atoms with E-state index in [9.17, 15) is 4.21 Å². The van der Waals surface area contributed by atoms with Gasteiger partial charge in [0.1, 0.15) is 17.7 Å². The van der Waals surface area contributed by atoms with Crippen LogP contribution in [0.3, 0.4) is 0 Å². The van der Waals surface area contributed by atoms with Gasteiger partial charge in [-0.05, 0) is 46.1 Å². The molecule has 2 rings (SSSR count). The van der Waals surface area contributed by atoms with E-state index in [2.05, 4.69) is 29.1 Å². The maximum atomic E-state index is 12.3. The lowest BCUT2D eigenvalue weighted by molar-refractivity contribution is 0.0764. The molecule has 5 nitrogen and oxygen atoms in total. The van der Waals surface area contributed by atoms with E-state index >= 15 is 0 Å². The summed E-state index contributed by atoms with van der Waals surface area (Å²) < 4.78 is 24.3. The molecule has 24 heavy (non-hydrogen) atoms. The van der Waals surface area contributed by atoms with Crippen LogP contribution in [0.2, 0.25) is 25.7 Å². The molecule has 0 N–H and O–H groups in total. The van der Waals surface area contributed by atoms with E-state index in [1.54, 1.807) is 0 Å². The Balaban J connectivity index is 2.07. The molecule has 0 saturated heterocycles. The van der Waals surface area contributed by atoms with Gasteiger partial charge in [0.05, 0.1) is 22.3 Å². The Morgan fingerprint density at radius 2 is 2.04 bits per heavy atom. The predicted molar refractivity (Wildman–Crippen MR) is 104 cm³/mol. The summed E-state index contributed by atoms with van der Waals surface area (Å²) in [5, 5.41) is 4.47. The van der Waals surface area contributed by atoms with Crippen LogP contribution in [0.25, 0.3) is 0 Å². The molecule has 0 amide bonds. The zero-order chi connectivity index (χ0) is 18.0. The maximum Gasteiger partial charge on any atom is 0.145 e. The summed E-state index contributed by atoms with van der Waals surface area (Å²) in [7, 11) is -2.29. The van der Waals surface area contributed by atoms with Gasteiger partial charge in [0.25, 0.3) is 0 Å². The molecule has 0 aliphatic heterocycles. The van der Waals surface area contributed by atoms with Gasteiger partial charge in [-0.25, -0.2) is 8.89 Å². The third-order valence-electron chi connectivity index (χ3n) is 4.01. The van der Waals surface area contributed by atoms with Crippen molar-refractivity contribution in [3.8, 4) is 0 Å². The van der Waals surface area contributed by atoms with Crippen LogP contribution in [0.1, 0.15) is 44.9 Å². The topological polar surface area (TPSA) is 56.5 Å². The van der Waals surface area contributed by atoms with Crippen LogP contribution >= 0.6 is 0 Å². The lowest BCUT2D eigenvalue weighted by Crippen LogP contribution is -2.23. The minimum Gasteiger partial charge on any atom is -0.360 e. The van der Waals surface area contributed by atoms with Crippen molar-refractivity contribution in [3.63, 3.8) is 0 Å². The average molecular weight is 370 g/mol. The number of aromatic nitrogens is 2. The van der Waals surface area contributed by atoms with Crippen LogP contribution in [-0.2, 0) is 28.9 Å². The minimum atomic E-state index is -1.23. The molecule has 7 heteroatoms. The molecule has 1 unspecified atom stereocenters. The van der Waals surface area contributed by atoms with Crippen LogP contribution in [0.15, 0.2) is 10.6 Å². The summed E-state index contributed by atoms with van der Waals surface area (Å²) in [6, 6.07) is 1.16. The number of hydrogen-bond acceptors (Lipinski definition) is 3. The lowest BCUT2D eigenvalue weighted by atomic mass is 9.96. The Kier molecular flexibility index (Phi) is 6.20. The van der Waals surface area contributed by atoms with Crippen molar-refractivity contribution in [2.24, 2.45) is 4.40 Å². The molecule has 136 valence electrons. The summed E-state index contributed by atoms with van der Waals surface area (Å²) in [6.45, 7) is 14.2. The maximum absolute atomic E-state index is 12.3. The molecule has 1 aliphatic rings. The quantitative estimate of drug-likeness (QED) is 0.566. The molecule has 0 fully saturated rings. The van der Waals surface area contributed by atoms with Crippen LogP contribution < -0.4 is 0 Å². The normalized spacial score (nSPS) is 18.7. The summed E-state index contributed by atoms with van der Waals surface area (Å²) in [5.41, 5.74) is 3.14. The molecule has 0 saturated carbocycles. The first kappa shape index (κ1) is 19.5. The first-order valence-corrected chi connectivity index (χ1v) is 13.5. The summed E-state index contributed by atoms with van der Waals surface area (Å²) in [4.78, 5) is 0. The zero-order valence-corrected chi connectivity index (χ0v) is 17.7. The molecule has 1 atom stereocenters. The van der Waals surface area contributed by atoms with E-state index < -0.39 is 19.1 Å². The first-order valence-electron chi connectivity index (χ1n) is 8.70. The van der Waals surface area contributed by atoms with E-state index in [-0.39, 0.29) is 4.75 Å². The van der Waals surface area contributed by atoms with Crippen LogP contribution in [0.5, 0.6) is 0 Å². The first-order chi connectivity index (χ1) is 11.1. The monoisotopic (exact) mass is 369 g/mol. The van der Waals surface area contributed by atoms with Gasteiger partial charge >= 0.3 is 0 Å². The largest absolute Gasteiger partial charge is 0.360 e. The van der Waals surface area contributed by atoms with Crippen molar-refractivity contribution >= 4 is 24.8 Å². The Morgan fingerprint density at radius 3 is 2.67 bits per heavy atom. The van der Waals surface area contributed by atoms with Gasteiger partial charge in [0, 0.05) is 20.2 Å². The SMILES string of the molecule is CC(C)(C)S(=O)N=C1CCCc2c1cnn2COCC[Si](C)(C)C. The highest BCUT2D eigenvalue weighted by molar-refractivity contribution is 7.85. The average Bonchev–Trinajstić information content (AvgIpc) is 2.86. The molecule has 0 bridgehead atoms. The lowest BCUT2D eigenvalue weighted by Gasteiger charge is -2.19. The Morgan fingerprint density at radius 1 is 1.33 bits per heavy atom. The highest BCUT2D eigenvalue weighted by Gasteiger charge is 2.24. The van der Waals surface area contributed by atoms with Gasteiger partial charge in [-0.3, -0.25) is 0 Å². The Hall–Kier alpha value is -0.793. The summed E-state index contributed by atoms with van der Waals surface area (Å²) >= 11 is 0. The summed E-state index contributed by atoms with van der Waals surface area (Å²) in [5.74, 6) is 0. The van der Waals surface area contributed by atoms with Crippen LogP contribution in [0, 0.1) is 0 Å². The zero-order valence-electron chi connectivity index (χ0n) is 15.9. The molecule has 1 aromatic heterocycles. The van der Waals surface area contributed by atoms with E-state index in [1.807, 2.05) is 31.6 Å². The number of fused-ring (bicyclic) bond motifs is 1. The van der Waals surface area contributed by atoms with Crippen molar-refractivity contribution in [1.82, 2.24) is 9.78 Å². The molecule has 1 heterocycles. The fourth-order valence-electron chi connectivity index (χ4n) is 2.45. The van der Waals surface area contributed by atoms with Crippen LogP contribution in [-0.4, -0.2) is 39.1 Å². The molecule has 1 aliphatic carbocycles. The number of rotatable bonds is 6. The number of hydrogen-bond donors (Lipinski definition) is 0. The minimum absolute atomic E-state index is 0.333. The van der Waals surface area contributed by atoms with Gasteiger partial charge < -0.3 is 4.74 Å². The van der Waals surface area contributed by atoms with Crippen molar-refractivity contribution in [2.45, 2.75) is 77.2 Å². The van der Waals surface area contributed by atoms with Gasteiger partial charge in [-0.1, -0.05) is 19.6 Å². The molecule has 0 aromatic carbocycles. The fourth-order valence-corrected chi connectivity index (χ4v) is 3.87. The second-order valence-electron chi connectivity index (χ2n) is 8.61. The van der Waals surface area contributed by atoms with E-state index in [0.717, 1.165) is 43.2 Å². The molecule has 0 spiro atoms. The van der Waals surface area contributed by atoms with Gasteiger partial charge in [-0.2, -0.15) is 9.50 Å². The standard InChI is InChI=1S/C17H31N3O2SSi/c1-17(2,3)23(21)19-15-8-7-9-16-14(15)12-18-20(16)13-22-10-11-24(4,5)6/h12H,7-11,13H2,1-6H3. The summed E-state index contributed by atoms with van der Waals surface area (Å²) in [6.07, 6.45) is 4.73. The van der Waals surface area contributed by atoms with Gasteiger partial charge in [0.15, 0.2) is 0 Å². The Bertz CT molecular complexity index is 627. The molecule has 1 aromatic rings. The van der Waals surface area contributed by atoms with E-state index in [1.165, 1.54) is 5.69 Å². The Labute approximate surface area is 149 Å². The van der Waals surface area contributed by atoms with Crippen molar-refractivity contribution in [1.29, 1.82) is 0 Å². The molecular formula is C17H31N3O2SSi. The van der Waals surface area contributed by atoms with Crippen LogP contribution in [0.4, 0.5) is 0 Å². The smallest absolute Gasteiger partial charge is 0.145 e. The highest BCUT2D eigenvalue weighted by Crippen LogP contribution is 2.24. The number of nitrogens with zero attached hydrogens (tertiary/aromatic N) is 3.